The van der Waals surface area contributed by atoms with Gasteiger partial charge in [-0.15, -0.1) is 0 Å². The lowest BCUT2D eigenvalue weighted by Crippen LogP contribution is -2.43. The highest BCUT2D eigenvalue weighted by Crippen LogP contribution is 2.34. The Hall–Kier alpha value is -2.17. The number of carbonyl (C=O) groups is 3. The molecule has 0 spiro atoms. The molecule has 0 aliphatic heterocycles. The predicted octanol–water partition coefficient (Wildman–Crippen LogP) is 2.49. The minimum absolute atomic E-state index is 0.00752. The number of rotatable bonds is 7. The van der Waals surface area contributed by atoms with Crippen LogP contribution in [0, 0.1) is 5.92 Å². The third-order valence-electron chi connectivity index (χ3n) is 3.97. The van der Waals surface area contributed by atoms with Gasteiger partial charge in [0, 0.05) is 11.5 Å². The molecular formula is C16H18O5. The lowest BCUT2D eigenvalue weighted by molar-refractivity contribution is -0.158. The molecular weight excluding hydrogens is 272 g/mol. The van der Waals surface area contributed by atoms with Gasteiger partial charge in [0.15, 0.2) is 11.2 Å². The first-order valence-corrected chi connectivity index (χ1v) is 7.05. The molecule has 1 saturated carbocycles. The molecule has 0 heterocycles. The molecule has 0 radical (unpaired) electrons. The second kappa shape index (κ2) is 5.68. The minimum Gasteiger partial charge on any atom is -0.480 e. The van der Waals surface area contributed by atoms with Crippen LogP contribution in [0.15, 0.2) is 24.3 Å². The quantitative estimate of drug-likeness (QED) is 0.594. The van der Waals surface area contributed by atoms with Crippen LogP contribution in [0.5, 0.6) is 0 Å². The van der Waals surface area contributed by atoms with Crippen LogP contribution in [0.25, 0.3) is 0 Å². The second-order valence-corrected chi connectivity index (χ2v) is 5.48. The average molecular weight is 290 g/mol. The van der Waals surface area contributed by atoms with Crippen molar-refractivity contribution in [3.8, 4) is 0 Å². The SMILES string of the molecule is CCCC(C(=O)O)(C(=O)O)c1ccc(C(=O)C2CC2)cc1. The van der Waals surface area contributed by atoms with Crippen LogP contribution in [0.1, 0.15) is 48.5 Å². The van der Waals surface area contributed by atoms with Crippen molar-refractivity contribution in [1.82, 2.24) is 0 Å². The summed E-state index contributed by atoms with van der Waals surface area (Å²) in [5.41, 5.74) is -1.23. The van der Waals surface area contributed by atoms with Gasteiger partial charge in [-0.25, -0.2) is 0 Å². The number of benzene rings is 1. The van der Waals surface area contributed by atoms with Crippen LogP contribution >= 0.6 is 0 Å². The van der Waals surface area contributed by atoms with E-state index in [-0.39, 0.29) is 23.7 Å². The zero-order valence-corrected chi connectivity index (χ0v) is 11.8. The number of carboxylic acid groups (broad SMARTS) is 2. The maximum atomic E-state index is 11.9. The topological polar surface area (TPSA) is 91.7 Å². The molecule has 0 bridgehead atoms. The third-order valence-corrected chi connectivity index (χ3v) is 3.97. The van der Waals surface area contributed by atoms with Gasteiger partial charge in [0.05, 0.1) is 0 Å². The van der Waals surface area contributed by atoms with E-state index in [4.69, 9.17) is 0 Å². The lowest BCUT2D eigenvalue weighted by atomic mass is 9.76. The third kappa shape index (κ3) is 2.68. The van der Waals surface area contributed by atoms with E-state index in [0.717, 1.165) is 12.8 Å². The van der Waals surface area contributed by atoms with E-state index < -0.39 is 17.4 Å². The molecule has 1 fully saturated rings. The number of aliphatic carboxylic acids is 2. The van der Waals surface area contributed by atoms with Gasteiger partial charge in [-0.2, -0.15) is 0 Å². The fourth-order valence-electron chi connectivity index (χ4n) is 2.57. The molecule has 5 nitrogen and oxygen atoms in total. The summed E-state index contributed by atoms with van der Waals surface area (Å²) in [6.45, 7) is 1.74. The summed E-state index contributed by atoms with van der Waals surface area (Å²) >= 11 is 0. The first-order valence-electron chi connectivity index (χ1n) is 7.05. The van der Waals surface area contributed by atoms with Crippen LogP contribution in [-0.4, -0.2) is 27.9 Å². The Labute approximate surface area is 122 Å². The van der Waals surface area contributed by atoms with Crippen molar-refractivity contribution in [2.45, 2.75) is 38.0 Å². The van der Waals surface area contributed by atoms with Gasteiger partial charge in [-0.05, 0) is 24.8 Å². The molecule has 1 aliphatic carbocycles. The Balaban J connectivity index is 2.38. The number of carboxylic acids is 2. The highest BCUT2D eigenvalue weighted by molar-refractivity contribution is 6.05. The van der Waals surface area contributed by atoms with Crippen molar-refractivity contribution < 1.29 is 24.6 Å². The van der Waals surface area contributed by atoms with Crippen LogP contribution in [0.4, 0.5) is 0 Å². The summed E-state index contributed by atoms with van der Waals surface area (Å²) in [7, 11) is 0. The molecule has 0 aromatic heterocycles. The summed E-state index contributed by atoms with van der Waals surface area (Å²) in [6, 6.07) is 5.97. The van der Waals surface area contributed by atoms with Crippen LogP contribution in [0.3, 0.4) is 0 Å². The van der Waals surface area contributed by atoms with Gasteiger partial charge in [-0.1, -0.05) is 37.6 Å². The van der Waals surface area contributed by atoms with Gasteiger partial charge in [0.2, 0.25) is 0 Å². The van der Waals surface area contributed by atoms with E-state index in [2.05, 4.69) is 0 Å². The molecule has 0 atom stereocenters. The minimum atomic E-state index is -1.95. The summed E-state index contributed by atoms with van der Waals surface area (Å²) < 4.78 is 0. The van der Waals surface area contributed by atoms with Crippen LogP contribution in [-0.2, 0) is 15.0 Å². The van der Waals surface area contributed by atoms with Gasteiger partial charge >= 0.3 is 11.9 Å². The van der Waals surface area contributed by atoms with Gasteiger partial charge in [-0.3, -0.25) is 14.4 Å². The van der Waals surface area contributed by atoms with Crippen molar-refractivity contribution in [3.05, 3.63) is 35.4 Å². The first kappa shape index (κ1) is 15.2. The molecule has 21 heavy (non-hydrogen) atoms. The monoisotopic (exact) mass is 290 g/mol. The maximum Gasteiger partial charge on any atom is 0.325 e. The van der Waals surface area contributed by atoms with Gasteiger partial charge in [0.25, 0.3) is 0 Å². The van der Waals surface area contributed by atoms with E-state index in [9.17, 15) is 24.6 Å². The van der Waals surface area contributed by atoms with Gasteiger partial charge < -0.3 is 10.2 Å². The second-order valence-electron chi connectivity index (χ2n) is 5.48. The highest BCUT2D eigenvalue weighted by atomic mass is 16.4. The van der Waals surface area contributed by atoms with Crippen LogP contribution in [0.2, 0.25) is 0 Å². The number of hydrogen-bond acceptors (Lipinski definition) is 3. The van der Waals surface area contributed by atoms with E-state index in [0.29, 0.717) is 12.0 Å². The van der Waals surface area contributed by atoms with Crippen molar-refractivity contribution >= 4 is 17.7 Å². The normalized spacial score (nSPS) is 14.7. The maximum absolute atomic E-state index is 11.9. The Kier molecular flexibility index (Phi) is 4.11. The molecule has 5 heteroatoms. The molecule has 0 amide bonds. The molecule has 1 aliphatic rings. The van der Waals surface area contributed by atoms with Crippen molar-refractivity contribution in [3.63, 3.8) is 0 Å². The van der Waals surface area contributed by atoms with Crippen molar-refractivity contribution in [2.24, 2.45) is 5.92 Å². The largest absolute Gasteiger partial charge is 0.480 e. The number of hydrogen-bond donors (Lipinski definition) is 2. The van der Waals surface area contributed by atoms with E-state index in [1.807, 2.05) is 0 Å². The summed E-state index contributed by atoms with van der Waals surface area (Å²) in [6.07, 6.45) is 2.23. The summed E-state index contributed by atoms with van der Waals surface area (Å²) in [5.74, 6) is -2.63. The number of ketones is 1. The Bertz CT molecular complexity index is 555. The molecule has 0 saturated heterocycles. The lowest BCUT2D eigenvalue weighted by Gasteiger charge is -2.25. The molecule has 1 aromatic carbocycles. The van der Waals surface area contributed by atoms with Crippen molar-refractivity contribution in [2.75, 3.05) is 0 Å². The fourth-order valence-corrected chi connectivity index (χ4v) is 2.57. The standard InChI is InChI=1S/C16H18O5/c1-2-9-16(14(18)19,15(20)21)12-7-5-11(6-8-12)13(17)10-3-4-10/h5-8,10H,2-4,9H2,1H3,(H,18,19)(H,20,21). The zero-order chi connectivity index (χ0) is 15.6. The molecule has 112 valence electrons. The zero-order valence-electron chi connectivity index (χ0n) is 11.8. The van der Waals surface area contributed by atoms with Gasteiger partial charge in [0.1, 0.15) is 0 Å². The van der Waals surface area contributed by atoms with Crippen molar-refractivity contribution in [1.29, 1.82) is 0 Å². The van der Waals surface area contributed by atoms with E-state index >= 15 is 0 Å². The molecule has 0 unspecified atom stereocenters. The van der Waals surface area contributed by atoms with Crippen LogP contribution < -0.4 is 0 Å². The van der Waals surface area contributed by atoms with E-state index in [1.165, 1.54) is 24.3 Å². The average Bonchev–Trinajstić information content (AvgIpc) is 3.28. The molecule has 2 rings (SSSR count). The Morgan fingerprint density at radius 1 is 1.10 bits per heavy atom. The molecule has 1 aromatic rings. The number of carbonyl (C=O) groups excluding carboxylic acids is 1. The predicted molar refractivity (Wildman–Crippen MR) is 75.4 cm³/mol. The Morgan fingerprint density at radius 2 is 1.62 bits per heavy atom. The summed E-state index contributed by atoms with van der Waals surface area (Å²) in [5, 5.41) is 18.8. The summed E-state index contributed by atoms with van der Waals surface area (Å²) in [4.78, 5) is 35.0. The first-order chi connectivity index (χ1) is 9.93. The number of Topliss-reactive ketones (excluding diaryl/α,β-unsaturated/α-hetero) is 1. The van der Waals surface area contributed by atoms with E-state index in [1.54, 1.807) is 6.92 Å². The highest BCUT2D eigenvalue weighted by Gasteiger charge is 2.47. The molecule has 2 N–H and O–H groups in total. The Morgan fingerprint density at radius 3 is 2.00 bits per heavy atom. The fraction of sp³-hybridized carbons (Fsp3) is 0.438. The smallest absolute Gasteiger partial charge is 0.325 e.